The highest BCUT2D eigenvalue weighted by Gasteiger charge is 2.12. The lowest BCUT2D eigenvalue weighted by molar-refractivity contribution is -0.385. The SMILES string of the molecule is Cc1cc(C)cc(C(C)NC(=O)CCn2cc([N+](=O)[O-])cn2)c1. The molecule has 1 N–H and O–H groups in total. The first-order valence-corrected chi connectivity index (χ1v) is 7.39. The normalized spacial score (nSPS) is 12.0. The Bertz CT molecular complexity index is 704. The molecular weight excluding hydrogens is 296 g/mol. The molecule has 0 aliphatic carbocycles. The zero-order valence-electron chi connectivity index (χ0n) is 13.4. The van der Waals surface area contributed by atoms with E-state index in [-0.39, 0.29) is 24.1 Å². The predicted molar refractivity (Wildman–Crippen MR) is 86.0 cm³/mol. The Balaban J connectivity index is 1.89. The van der Waals surface area contributed by atoms with Crippen LogP contribution in [0.2, 0.25) is 0 Å². The molecule has 0 saturated heterocycles. The third-order valence-electron chi connectivity index (χ3n) is 3.52. The molecule has 0 aliphatic heterocycles. The van der Waals surface area contributed by atoms with Gasteiger partial charge in [-0.2, -0.15) is 5.10 Å². The van der Waals surface area contributed by atoms with Gasteiger partial charge in [0.15, 0.2) is 0 Å². The molecule has 1 heterocycles. The van der Waals surface area contributed by atoms with Crippen LogP contribution in [0.1, 0.15) is 36.1 Å². The van der Waals surface area contributed by atoms with Crippen LogP contribution < -0.4 is 5.32 Å². The molecule has 0 aliphatic rings. The minimum absolute atomic E-state index is 0.0750. The summed E-state index contributed by atoms with van der Waals surface area (Å²) < 4.78 is 1.40. The van der Waals surface area contributed by atoms with E-state index in [1.54, 1.807) is 0 Å². The highest BCUT2D eigenvalue weighted by molar-refractivity contribution is 5.76. The second kappa shape index (κ2) is 7.04. The summed E-state index contributed by atoms with van der Waals surface area (Å²) in [6.45, 7) is 6.29. The molecule has 0 fully saturated rings. The van der Waals surface area contributed by atoms with E-state index >= 15 is 0 Å². The van der Waals surface area contributed by atoms with Gasteiger partial charge in [-0.3, -0.25) is 19.6 Å². The first-order chi connectivity index (χ1) is 10.8. The van der Waals surface area contributed by atoms with Crippen molar-refractivity contribution in [3.63, 3.8) is 0 Å². The molecule has 0 spiro atoms. The molecule has 2 rings (SSSR count). The second-order valence-electron chi connectivity index (χ2n) is 5.68. The lowest BCUT2D eigenvalue weighted by Gasteiger charge is -2.16. The van der Waals surface area contributed by atoms with Crippen molar-refractivity contribution >= 4 is 11.6 Å². The van der Waals surface area contributed by atoms with E-state index in [0.717, 1.165) is 16.7 Å². The van der Waals surface area contributed by atoms with Crippen LogP contribution in [0.3, 0.4) is 0 Å². The summed E-state index contributed by atoms with van der Waals surface area (Å²) in [5, 5.41) is 17.4. The number of aryl methyl sites for hydroxylation is 3. The summed E-state index contributed by atoms with van der Waals surface area (Å²) in [4.78, 5) is 22.1. The van der Waals surface area contributed by atoms with E-state index in [2.05, 4.69) is 28.6 Å². The molecular formula is C16H20N4O3. The number of nitrogens with one attached hydrogen (secondary N) is 1. The minimum atomic E-state index is -0.508. The number of amides is 1. The maximum atomic E-state index is 12.0. The van der Waals surface area contributed by atoms with Crippen molar-refractivity contribution in [2.24, 2.45) is 0 Å². The van der Waals surface area contributed by atoms with E-state index in [1.807, 2.05) is 20.8 Å². The fraction of sp³-hybridized carbons (Fsp3) is 0.375. The average Bonchev–Trinajstić information content (AvgIpc) is 2.93. The number of benzene rings is 1. The third-order valence-corrected chi connectivity index (χ3v) is 3.52. The number of carbonyl (C=O) groups is 1. The van der Waals surface area contributed by atoms with Crippen molar-refractivity contribution in [1.29, 1.82) is 0 Å². The zero-order valence-corrected chi connectivity index (χ0v) is 13.4. The van der Waals surface area contributed by atoms with Crippen molar-refractivity contribution in [3.8, 4) is 0 Å². The van der Waals surface area contributed by atoms with E-state index in [4.69, 9.17) is 0 Å². The fourth-order valence-electron chi connectivity index (χ4n) is 2.44. The van der Waals surface area contributed by atoms with Crippen molar-refractivity contribution < 1.29 is 9.72 Å². The fourth-order valence-corrected chi connectivity index (χ4v) is 2.44. The first kappa shape index (κ1) is 16.7. The van der Waals surface area contributed by atoms with Crippen molar-refractivity contribution in [1.82, 2.24) is 15.1 Å². The van der Waals surface area contributed by atoms with Crippen LogP contribution in [-0.4, -0.2) is 20.6 Å². The molecule has 23 heavy (non-hydrogen) atoms. The zero-order chi connectivity index (χ0) is 17.0. The summed E-state index contributed by atoms with van der Waals surface area (Å²) in [5.41, 5.74) is 3.30. The number of carbonyl (C=O) groups excluding carboxylic acids is 1. The van der Waals surface area contributed by atoms with Gasteiger partial charge in [-0.25, -0.2) is 0 Å². The molecule has 1 aromatic heterocycles. The van der Waals surface area contributed by atoms with Crippen molar-refractivity contribution in [2.45, 2.75) is 39.8 Å². The lowest BCUT2D eigenvalue weighted by Crippen LogP contribution is -2.27. The highest BCUT2D eigenvalue weighted by Crippen LogP contribution is 2.16. The van der Waals surface area contributed by atoms with Gasteiger partial charge >= 0.3 is 5.69 Å². The number of nitro groups is 1. The Morgan fingerprint density at radius 1 is 1.35 bits per heavy atom. The summed E-state index contributed by atoms with van der Waals surface area (Å²) >= 11 is 0. The Hall–Kier alpha value is -2.70. The number of hydrogen-bond donors (Lipinski definition) is 1. The Morgan fingerprint density at radius 3 is 2.57 bits per heavy atom. The van der Waals surface area contributed by atoms with Gasteiger partial charge in [0.2, 0.25) is 5.91 Å². The van der Waals surface area contributed by atoms with E-state index in [1.165, 1.54) is 17.1 Å². The van der Waals surface area contributed by atoms with Gasteiger partial charge in [-0.1, -0.05) is 29.3 Å². The molecule has 7 heteroatoms. The quantitative estimate of drug-likeness (QED) is 0.655. The monoisotopic (exact) mass is 316 g/mol. The van der Waals surface area contributed by atoms with Crippen LogP contribution >= 0.6 is 0 Å². The van der Waals surface area contributed by atoms with Gasteiger partial charge in [0, 0.05) is 13.0 Å². The molecule has 1 unspecified atom stereocenters. The molecule has 0 saturated carbocycles. The van der Waals surface area contributed by atoms with Gasteiger partial charge in [0.05, 0.1) is 11.0 Å². The second-order valence-corrected chi connectivity index (χ2v) is 5.68. The van der Waals surface area contributed by atoms with Gasteiger partial charge in [-0.05, 0) is 26.3 Å². The maximum absolute atomic E-state index is 12.0. The number of nitrogens with zero attached hydrogens (tertiary/aromatic N) is 3. The van der Waals surface area contributed by atoms with Crippen molar-refractivity contribution in [2.75, 3.05) is 0 Å². The van der Waals surface area contributed by atoms with Crippen LogP contribution in [0.25, 0.3) is 0 Å². The van der Waals surface area contributed by atoms with Crippen LogP contribution in [-0.2, 0) is 11.3 Å². The minimum Gasteiger partial charge on any atom is -0.350 e. The Morgan fingerprint density at radius 2 is 2.00 bits per heavy atom. The lowest BCUT2D eigenvalue weighted by atomic mass is 10.0. The van der Waals surface area contributed by atoms with Crippen molar-refractivity contribution in [3.05, 3.63) is 57.4 Å². The Labute approximate surface area is 134 Å². The number of hydrogen-bond acceptors (Lipinski definition) is 4. The molecule has 0 radical (unpaired) electrons. The predicted octanol–water partition coefficient (Wildman–Crippen LogP) is 2.68. The largest absolute Gasteiger partial charge is 0.350 e. The average molecular weight is 316 g/mol. The number of aromatic nitrogens is 2. The van der Waals surface area contributed by atoms with E-state index in [0.29, 0.717) is 6.54 Å². The smallest absolute Gasteiger partial charge is 0.306 e. The standard InChI is InChI=1S/C16H20N4O3/c1-11-6-12(2)8-14(7-11)13(3)18-16(21)4-5-19-10-15(9-17-19)20(22)23/h6-10,13H,4-5H2,1-3H3,(H,18,21). The summed E-state index contributed by atoms with van der Waals surface area (Å²) in [6.07, 6.45) is 2.71. The molecule has 122 valence electrons. The summed E-state index contributed by atoms with van der Waals surface area (Å²) in [5.74, 6) is -0.116. The summed E-state index contributed by atoms with van der Waals surface area (Å²) in [6, 6.07) is 6.10. The Kier molecular flexibility index (Phi) is 5.10. The molecule has 2 aromatic rings. The van der Waals surface area contributed by atoms with Gasteiger partial charge < -0.3 is 5.32 Å². The molecule has 1 amide bonds. The third kappa shape index (κ3) is 4.64. The van der Waals surface area contributed by atoms with Gasteiger partial charge in [-0.15, -0.1) is 0 Å². The maximum Gasteiger partial charge on any atom is 0.306 e. The van der Waals surface area contributed by atoms with Gasteiger partial charge in [0.25, 0.3) is 0 Å². The molecule has 1 atom stereocenters. The van der Waals surface area contributed by atoms with E-state index < -0.39 is 4.92 Å². The first-order valence-electron chi connectivity index (χ1n) is 7.39. The van der Waals surface area contributed by atoms with E-state index in [9.17, 15) is 14.9 Å². The van der Waals surface area contributed by atoms with Crippen LogP contribution in [0.5, 0.6) is 0 Å². The van der Waals surface area contributed by atoms with Crippen LogP contribution in [0, 0.1) is 24.0 Å². The van der Waals surface area contributed by atoms with Crippen LogP contribution in [0.15, 0.2) is 30.6 Å². The topological polar surface area (TPSA) is 90.1 Å². The van der Waals surface area contributed by atoms with Gasteiger partial charge in [0.1, 0.15) is 12.4 Å². The summed E-state index contributed by atoms with van der Waals surface area (Å²) in [7, 11) is 0. The molecule has 0 bridgehead atoms. The molecule has 7 nitrogen and oxygen atoms in total. The number of rotatable bonds is 6. The highest BCUT2D eigenvalue weighted by atomic mass is 16.6. The molecule has 1 aromatic carbocycles. The van der Waals surface area contributed by atoms with Crippen LogP contribution in [0.4, 0.5) is 5.69 Å².